The molecule has 1 aromatic heterocycles. The lowest BCUT2D eigenvalue weighted by atomic mass is 10.1. The Morgan fingerprint density at radius 2 is 1.96 bits per heavy atom. The van der Waals surface area contributed by atoms with Crippen LogP contribution in [0.5, 0.6) is 5.75 Å². The number of hydrogen-bond acceptors (Lipinski definition) is 5. The zero-order valence-corrected chi connectivity index (χ0v) is 15.2. The molecule has 1 amide bonds. The van der Waals surface area contributed by atoms with Gasteiger partial charge in [-0.3, -0.25) is 20.2 Å². The average molecular weight is 362 g/mol. The molecule has 0 bridgehead atoms. The molecule has 6 heteroatoms. The number of nitrogens with zero attached hydrogens (tertiary/aromatic N) is 2. The van der Waals surface area contributed by atoms with E-state index in [9.17, 15) is 4.79 Å². The number of hydrazine groups is 1. The number of benzene rings is 1. The first kappa shape index (κ1) is 17.1. The molecule has 4 rings (SSSR count). The van der Waals surface area contributed by atoms with E-state index < -0.39 is 0 Å². The Balaban J connectivity index is 1.58. The molecule has 1 fully saturated rings. The average Bonchev–Trinajstić information content (AvgIpc) is 3.52. The first-order valence-electron chi connectivity index (χ1n) is 9.04. The molecule has 0 radical (unpaired) electrons. The second kappa shape index (κ2) is 7.53. The Morgan fingerprint density at radius 1 is 1.22 bits per heavy atom. The van der Waals surface area contributed by atoms with E-state index in [4.69, 9.17) is 4.74 Å². The molecule has 0 saturated heterocycles. The van der Waals surface area contributed by atoms with Crippen molar-refractivity contribution < 1.29 is 9.53 Å². The zero-order chi connectivity index (χ0) is 18.6. The lowest BCUT2D eigenvalue weighted by molar-refractivity contribution is -0.112. The third kappa shape index (κ3) is 4.28. The molecule has 138 valence electrons. The van der Waals surface area contributed by atoms with E-state index in [1.54, 1.807) is 31.6 Å². The standard InChI is InChI=1S/C21H22N4O2/c1-27-19-6-4-16(5-7-19)20-12-17(14-25(24-20)13-15-2-3-15)21(26)23-18-8-10-22-11-9-18/h4-12,14-15,24H,2-3,13H2,1H3,(H,22,23,26). The van der Waals surface area contributed by atoms with Crippen molar-refractivity contribution >= 4 is 17.3 Å². The van der Waals surface area contributed by atoms with Crippen molar-refractivity contribution in [3.05, 3.63) is 72.2 Å². The summed E-state index contributed by atoms with van der Waals surface area (Å²) in [5, 5.41) is 4.94. The number of ether oxygens (including phenoxy) is 1. The van der Waals surface area contributed by atoms with Crippen LogP contribution in [0.4, 0.5) is 5.69 Å². The normalized spacial score (nSPS) is 16.1. The molecule has 0 spiro atoms. The molecule has 2 heterocycles. The van der Waals surface area contributed by atoms with Gasteiger partial charge in [0.05, 0.1) is 18.4 Å². The van der Waals surface area contributed by atoms with Gasteiger partial charge in [0.25, 0.3) is 5.91 Å². The molecule has 27 heavy (non-hydrogen) atoms. The Morgan fingerprint density at radius 3 is 2.63 bits per heavy atom. The summed E-state index contributed by atoms with van der Waals surface area (Å²) in [6, 6.07) is 11.3. The number of rotatable bonds is 6. The summed E-state index contributed by atoms with van der Waals surface area (Å²) in [7, 11) is 1.65. The number of carbonyl (C=O) groups excluding carboxylic acids is 1. The molecule has 2 N–H and O–H groups in total. The maximum Gasteiger partial charge on any atom is 0.257 e. The second-order valence-corrected chi connectivity index (χ2v) is 6.77. The predicted molar refractivity (Wildman–Crippen MR) is 104 cm³/mol. The van der Waals surface area contributed by atoms with Crippen LogP contribution in [0.3, 0.4) is 0 Å². The topological polar surface area (TPSA) is 66.5 Å². The summed E-state index contributed by atoms with van der Waals surface area (Å²) in [6.45, 7) is 0.888. The van der Waals surface area contributed by atoms with Gasteiger partial charge in [-0.2, -0.15) is 0 Å². The van der Waals surface area contributed by atoms with Gasteiger partial charge in [-0.15, -0.1) is 0 Å². The highest BCUT2D eigenvalue weighted by Crippen LogP contribution is 2.31. The van der Waals surface area contributed by atoms with E-state index in [0.29, 0.717) is 11.5 Å². The van der Waals surface area contributed by atoms with Crippen LogP contribution in [0.25, 0.3) is 5.70 Å². The number of hydrogen-bond donors (Lipinski definition) is 2. The minimum absolute atomic E-state index is 0.144. The van der Waals surface area contributed by atoms with Gasteiger partial charge in [0.15, 0.2) is 0 Å². The van der Waals surface area contributed by atoms with E-state index in [1.165, 1.54) is 12.8 Å². The number of pyridine rings is 1. The summed E-state index contributed by atoms with van der Waals surface area (Å²) in [4.78, 5) is 16.7. The summed E-state index contributed by atoms with van der Waals surface area (Å²) in [5.41, 5.74) is 6.64. The van der Waals surface area contributed by atoms with E-state index in [-0.39, 0.29) is 5.91 Å². The zero-order valence-electron chi connectivity index (χ0n) is 15.2. The SMILES string of the molecule is COc1ccc(C2=CC(C(=O)Nc3ccncc3)=CN(CC3CC3)N2)cc1. The fourth-order valence-electron chi connectivity index (χ4n) is 2.94. The minimum atomic E-state index is -0.144. The van der Waals surface area contributed by atoms with Crippen LogP contribution < -0.4 is 15.5 Å². The highest BCUT2D eigenvalue weighted by atomic mass is 16.5. The third-order valence-corrected chi connectivity index (χ3v) is 4.61. The maximum absolute atomic E-state index is 12.8. The van der Waals surface area contributed by atoms with Crippen molar-refractivity contribution in [1.82, 2.24) is 15.4 Å². The van der Waals surface area contributed by atoms with Crippen molar-refractivity contribution in [2.45, 2.75) is 12.8 Å². The highest BCUT2D eigenvalue weighted by molar-refractivity contribution is 6.07. The van der Waals surface area contributed by atoms with Crippen molar-refractivity contribution in [2.24, 2.45) is 5.92 Å². The van der Waals surface area contributed by atoms with E-state index in [1.807, 2.05) is 41.6 Å². The number of amides is 1. The Kier molecular flexibility index (Phi) is 4.78. The summed E-state index contributed by atoms with van der Waals surface area (Å²) >= 11 is 0. The molecule has 1 aliphatic heterocycles. The van der Waals surface area contributed by atoms with Crippen LogP contribution in [-0.2, 0) is 4.79 Å². The predicted octanol–water partition coefficient (Wildman–Crippen LogP) is 3.18. The Bertz CT molecular complexity index is 871. The van der Waals surface area contributed by atoms with Crippen LogP contribution in [0, 0.1) is 5.92 Å². The van der Waals surface area contributed by atoms with Gasteiger partial charge in [0.1, 0.15) is 5.75 Å². The van der Waals surface area contributed by atoms with Gasteiger partial charge in [0, 0.05) is 30.8 Å². The fourth-order valence-corrected chi connectivity index (χ4v) is 2.94. The van der Waals surface area contributed by atoms with E-state index in [0.717, 1.165) is 29.2 Å². The second-order valence-electron chi connectivity index (χ2n) is 6.77. The minimum Gasteiger partial charge on any atom is -0.497 e. The Labute approximate surface area is 158 Å². The quantitative estimate of drug-likeness (QED) is 0.826. The van der Waals surface area contributed by atoms with Gasteiger partial charge in [-0.25, -0.2) is 0 Å². The number of methoxy groups -OCH3 is 1. The van der Waals surface area contributed by atoms with Crippen LogP contribution in [0.2, 0.25) is 0 Å². The van der Waals surface area contributed by atoms with Gasteiger partial charge in [-0.05, 0) is 66.8 Å². The van der Waals surface area contributed by atoms with Gasteiger partial charge >= 0.3 is 0 Å². The van der Waals surface area contributed by atoms with Crippen LogP contribution >= 0.6 is 0 Å². The summed E-state index contributed by atoms with van der Waals surface area (Å²) in [6.07, 6.45) is 9.55. The summed E-state index contributed by atoms with van der Waals surface area (Å²) < 4.78 is 5.23. The molecule has 1 saturated carbocycles. The van der Waals surface area contributed by atoms with E-state index in [2.05, 4.69) is 15.7 Å². The largest absolute Gasteiger partial charge is 0.497 e. The molecule has 2 aromatic rings. The molecular formula is C21H22N4O2. The van der Waals surface area contributed by atoms with Crippen LogP contribution in [0.15, 0.2) is 66.6 Å². The number of anilines is 1. The van der Waals surface area contributed by atoms with Gasteiger partial charge in [0.2, 0.25) is 0 Å². The lowest BCUT2D eigenvalue weighted by Gasteiger charge is -2.29. The molecule has 2 aliphatic rings. The van der Waals surface area contributed by atoms with E-state index >= 15 is 0 Å². The third-order valence-electron chi connectivity index (χ3n) is 4.61. The Hall–Kier alpha value is -3.28. The molecule has 0 unspecified atom stereocenters. The molecule has 0 atom stereocenters. The van der Waals surface area contributed by atoms with Gasteiger partial charge < -0.3 is 10.1 Å². The van der Waals surface area contributed by atoms with Crippen molar-refractivity contribution in [3.8, 4) is 5.75 Å². The van der Waals surface area contributed by atoms with Crippen molar-refractivity contribution in [1.29, 1.82) is 0 Å². The summed E-state index contributed by atoms with van der Waals surface area (Å²) in [5.74, 6) is 1.35. The fraction of sp³-hybridized carbons (Fsp3) is 0.238. The van der Waals surface area contributed by atoms with Crippen molar-refractivity contribution in [2.75, 3.05) is 19.0 Å². The smallest absolute Gasteiger partial charge is 0.257 e. The first-order valence-corrected chi connectivity index (χ1v) is 9.04. The first-order chi connectivity index (χ1) is 13.2. The van der Waals surface area contributed by atoms with Crippen LogP contribution in [-0.4, -0.2) is 29.6 Å². The number of nitrogens with one attached hydrogen (secondary N) is 2. The monoisotopic (exact) mass is 362 g/mol. The number of carbonyl (C=O) groups is 1. The number of aromatic nitrogens is 1. The highest BCUT2D eigenvalue weighted by Gasteiger charge is 2.26. The molecular weight excluding hydrogens is 340 g/mol. The van der Waals surface area contributed by atoms with Crippen LogP contribution in [0.1, 0.15) is 18.4 Å². The lowest BCUT2D eigenvalue weighted by Crippen LogP contribution is -2.37. The molecule has 1 aromatic carbocycles. The van der Waals surface area contributed by atoms with Gasteiger partial charge in [-0.1, -0.05) is 0 Å². The van der Waals surface area contributed by atoms with Crippen molar-refractivity contribution in [3.63, 3.8) is 0 Å². The molecule has 1 aliphatic carbocycles. The maximum atomic E-state index is 12.8. The molecule has 6 nitrogen and oxygen atoms in total.